The van der Waals surface area contributed by atoms with Crippen molar-refractivity contribution >= 4 is 23.7 Å². The second-order valence-corrected chi connectivity index (χ2v) is 7.18. The SMILES string of the molecule is CC1=C[C@H](c2ccccc2)n2nc(N3C(=O)[C@H]4CC=CC[C@H]4C3=O)nc2N1. The first kappa shape index (κ1) is 16.0. The molecule has 0 unspecified atom stereocenters. The number of anilines is 2. The Morgan fingerprint density at radius 3 is 2.37 bits per heavy atom. The molecule has 7 nitrogen and oxygen atoms in total. The molecule has 1 aromatic carbocycles. The lowest BCUT2D eigenvalue weighted by Gasteiger charge is -2.22. The van der Waals surface area contributed by atoms with E-state index in [9.17, 15) is 9.59 Å². The molecule has 1 aromatic heterocycles. The van der Waals surface area contributed by atoms with Crippen LogP contribution in [0.25, 0.3) is 0 Å². The Labute approximate surface area is 156 Å². The van der Waals surface area contributed by atoms with Gasteiger partial charge in [0.25, 0.3) is 5.95 Å². The van der Waals surface area contributed by atoms with Crippen molar-refractivity contribution in [2.24, 2.45) is 11.8 Å². The number of imide groups is 1. The van der Waals surface area contributed by atoms with Crippen LogP contribution in [-0.2, 0) is 9.59 Å². The number of fused-ring (bicyclic) bond motifs is 2. The maximum atomic E-state index is 12.8. The first-order valence-corrected chi connectivity index (χ1v) is 9.13. The van der Waals surface area contributed by atoms with Gasteiger partial charge in [0.05, 0.1) is 11.8 Å². The van der Waals surface area contributed by atoms with Gasteiger partial charge >= 0.3 is 0 Å². The van der Waals surface area contributed by atoms with E-state index in [1.807, 2.05) is 49.4 Å². The lowest BCUT2D eigenvalue weighted by atomic mass is 9.85. The number of rotatable bonds is 2. The fourth-order valence-corrected chi connectivity index (χ4v) is 4.10. The maximum absolute atomic E-state index is 12.8. The average molecular weight is 361 g/mol. The van der Waals surface area contributed by atoms with Crippen LogP contribution < -0.4 is 10.2 Å². The molecule has 3 atom stereocenters. The highest BCUT2D eigenvalue weighted by Crippen LogP contribution is 2.38. The fourth-order valence-electron chi connectivity index (χ4n) is 4.10. The van der Waals surface area contributed by atoms with E-state index in [0.717, 1.165) is 11.3 Å². The predicted octanol–water partition coefficient (Wildman–Crippen LogP) is 2.65. The van der Waals surface area contributed by atoms with Crippen molar-refractivity contribution in [3.63, 3.8) is 0 Å². The van der Waals surface area contributed by atoms with E-state index >= 15 is 0 Å². The van der Waals surface area contributed by atoms with Crippen molar-refractivity contribution in [2.75, 3.05) is 10.2 Å². The summed E-state index contributed by atoms with van der Waals surface area (Å²) < 4.78 is 1.73. The highest BCUT2D eigenvalue weighted by atomic mass is 16.2. The highest BCUT2D eigenvalue weighted by molar-refractivity contribution is 6.21. The van der Waals surface area contributed by atoms with Crippen LogP contribution in [-0.4, -0.2) is 26.6 Å². The Morgan fingerprint density at radius 2 is 1.70 bits per heavy atom. The molecule has 3 aliphatic rings. The smallest absolute Gasteiger partial charge is 0.260 e. The lowest BCUT2D eigenvalue weighted by Crippen LogP contribution is -2.32. The maximum Gasteiger partial charge on any atom is 0.260 e. The molecule has 0 saturated carbocycles. The molecule has 3 heterocycles. The standard InChI is InChI=1S/C20H19N5O2/c1-12-11-16(13-7-3-2-4-8-13)25-19(21-12)22-20(23-25)24-17(26)14-9-5-6-10-15(14)18(24)27/h2-8,11,14-16H,9-10H2,1H3,(H,21,22,23)/t14-,15+,16-/m1/s1. The molecule has 5 rings (SSSR count). The topological polar surface area (TPSA) is 80.1 Å². The van der Waals surface area contributed by atoms with E-state index in [4.69, 9.17) is 0 Å². The zero-order valence-corrected chi connectivity index (χ0v) is 14.9. The average Bonchev–Trinajstić information content (AvgIpc) is 3.21. The second-order valence-electron chi connectivity index (χ2n) is 7.18. The van der Waals surface area contributed by atoms with Crippen molar-refractivity contribution in [2.45, 2.75) is 25.8 Å². The van der Waals surface area contributed by atoms with Crippen LogP contribution in [0.2, 0.25) is 0 Å². The van der Waals surface area contributed by atoms with Crippen molar-refractivity contribution in [1.82, 2.24) is 14.8 Å². The van der Waals surface area contributed by atoms with Gasteiger partial charge in [-0.05, 0) is 31.4 Å². The van der Waals surface area contributed by atoms with Crippen LogP contribution in [0.4, 0.5) is 11.9 Å². The first-order chi connectivity index (χ1) is 13.1. The molecule has 2 aromatic rings. The van der Waals surface area contributed by atoms with Gasteiger partial charge in [0.1, 0.15) is 6.04 Å². The summed E-state index contributed by atoms with van der Waals surface area (Å²) in [7, 11) is 0. The number of hydrogen-bond donors (Lipinski definition) is 1. The Hall–Kier alpha value is -3.22. The Balaban J connectivity index is 1.54. The van der Waals surface area contributed by atoms with Gasteiger partial charge in [-0.3, -0.25) is 9.59 Å². The van der Waals surface area contributed by atoms with Gasteiger partial charge in [-0.25, -0.2) is 9.58 Å². The molecule has 1 saturated heterocycles. The van der Waals surface area contributed by atoms with Gasteiger partial charge in [-0.15, -0.1) is 5.10 Å². The molecule has 2 amide bonds. The number of nitrogens with one attached hydrogen (secondary N) is 1. The van der Waals surface area contributed by atoms with E-state index in [-0.39, 0.29) is 35.6 Å². The van der Waals surface area contributed by atoms with Crippen molar-refractivity contribution in [3.05, 3.63) is 59.8 Å². The monoisotopic (exact) mass is 361 g/mol. The van der Waals surface area contributed by atoms with E-state index in [1.54, 1.807) is 4.68 Å². The van der Waals surface area contributed by atoms with Gasteiger partial charge in [0, 0.05) is 5.70 Å². The molecule has 0 spiro atoms. The van der Waals surface area contributed by atoms with Crippen LogP contribution in [0.1, 0.15) is 31.4 Å². The third-order valence-corrected chi connectivity index (χ3v) is 5.45. The van der Waals surface area contributed by atoms with Gasteiger partial charge < -0.3 is 5.32 Å². The molecular weight excluding hydrogens is 342 g/mol. The third-order valence-electron chi connectivity index (χ3n) is 5.45. The van der Waals surface area contributed by atoms with E-state index in [2.05, 4.69) is 21.5 Å². The summed E-state index contributed by atoms with van der Waals surface area (Å²) in [5.74, 6) is -0.281. The largest absolute Gasteiger partial charge is 0.329 e. The Kier molecular flexibility index (Phi) is 3.50. The van der Waals surface area contributed by atoms with E-state index < -0.39 is 0 Å². The highest BCUT2D eigenvalue weighted by Gasteiger charge is 2.49. The predicted molar refractivity (Wildman–Crippen MR) is 99.8 cm³/mol. The number of amides is 2. The number of carbonyl (C=O) groups excluding carboxylic acids is 2. The summed E-state index contributed by atoms with van der Waals surface area (Å²) in [5, 5.41) is 7.73. The summed E-state index contributed by atoms with van der Waals surface area (Å²) in [6, 6.07) is 9.83. The molecule has 2 aliphatic heterocycles. The van der Waals surface area contributed by atoms with E-state index in [0.29, 0.717) is 18.8 Å². The second kappa shape index (κ2) is 5.90. The summed E-state index contributed by atoms with van der Waals surface area (Å²) in [6.45, 7) is 1.96. The number of allylic oxidation sites excluding steroid dienone is 4. The molecule has 136 valence electrons. The normalized spacial score (nSPS) is 26.5. The molecule has 0 bridgehead atoms. The number of aromatic nitrogens is 3. The third kappa shape index (κ3) is 2.42. The number of hydrogen-bond acceptors (Lipinski definition) is 5. The molecule has 1 N–H and O–H groups in total. The molecule has 1 aliphatic carbocycles. The fraction of sp³-hybridized carbons (Fsp3) is 0.300. The number of benzene rings is 1. The van der Waals surface area contributed by atoms with Crippen LogP contribution in [0.5, 0.6) is 0 Å². The zero-order valence-electron chi connectivity index (χ0n) is 14.9. The van der Waals surface area contributed by atoms with Gasteiger partial charge in [0.2, 0.25) is 17.8 Å². The number of nitrogens with zero attached hydrogens (tertiary/aromatic N) is 4. The van der Waals surface area contributed by atoms with Crippen LogP contribution in [0.3, 0.4) is 0 Å². The van der Waals surface area contributed by atoms with E-state index in [1.165, 1.54) is 4.90 Å². The van der Waals surface area contributed by atoms with Gasteiger partial charge in [0.15, 0.2) is 0 Å². The Morgan fingerprint density at radius 1 is 1.04 bits per heavy atom. The summed E-state index contributed by atoms with van der Waals surface area (Å²) in [6.07, 6.45) is 7.21. The van der Waals surface area contributed by atoms with Crippen molar-refractivity contribution in [1.29, 1.82) is 0 Å². The molecule has 7 heteroatoms. The minimum Gasteiger partial charge on any atom is -0.329 e. The Bertz CT molecular complexity index is 965. The van der Waals surface area contributed by atoms with Crippen LogP contribution in [0.15, 0.2) is 54.3 Å². The van der Waals surface area contributed by atoms with Crippen LogP contribution >= 0.6 is 0 Å². The molecule has 27 heavy (non-hydrogen) atoms. The molecule has 0 radical (unpaired) electrons. The summed E-state index contributed by atoms with van der Waals surface area (Å²) >= 11 is 0. The first-order valence-electron chi connectivity index (χ1n) is 9.13. The lowest BCUT2D eigenvalue weighted by molar-refractivity contribution is -0.122. The zero-order chi connectivity index (χ0) is 18.5. The van der Waals surface area contributed by atoms with Gasteiger partial charge in [-0.1, -0.05) is 42.5 Å². The van der Waals surface area contributed by atoms with Crippen LogP contribution in [0, 0.1) is 11.8 Å². The molecular formula is C20H19N5O2. The number of carbonyl (C=O) groups is 2. The minimum absolute atomic E-state index is 0.138. The summed E-state index contributed by atoms with van der Waals surface area (Å²) in [4.78, 5) is 31.3. The van der Waals surface area contributed by atoms with Gasteiger partial charge in [-0.2, -0.15) is 4.98 Å². The van der Waals surface area contributed by atoms with Crippen molar-refractivity contribution in [3.8, 4) is 0 Å². The molecule has 1 fully saturated rings. The minimum atomic E-state index is -0.291. The summed E-state index contributed by atoms with van der Waals surface area (Å²) in [5.41, 5.74) is 2.01. The van der Waals surface area contributed by atoms with Crippen molar-refractivity contribution < 1.29 is 9.59 Å². The quantitative estimate of drug-likeness (QED) is 0.657.